The fraction of sp³-hybridized carbons (Fsp3) is 0.500. The number of benzene rings is 1. The zero-order chi connectivity index (χ0) is 17.6. The van der Waals surface area contributed by atoms with E-state index in [2.05, 4.69) is 10.6 Å². The van der Waals surface area contributed by atoms with E-state index < -0.39 is 17.7 Å². The van der Waals surface area contributed by atoms with Crippen molar-refractivity contribution >= 4 is 35.6 Å². The summed E-state index contributed by atoms with van der Waals surface area (Å²) < 4.78 is 5.18. The molecule has 0 heterocycles. The second kappa shape index (κ2) is 8.52. The summed E-state index contributed by atoms with van der Waals surface area (Å²) in [6.45, 7) is 7.59. The molecular formula is C16H22Cl2N2O3. The molecule has 0 aliphatic carbocycles. The summed E-state index contributed by atoms with van der Waals surface area (Å²) in [5.41, 5.74) is 0.154. The molecule has 1 aromatic carbocycles. The van der Waals surface area contributed by atoms with Crippen molar-refractivity contribution in [3.8, 4) is 0 Å². The number of rotatable bonds is 6. The number of aldehydes is 1. The Bertz CT molecular complexity index is 559. The number of hydrogen-bond acceptors (Lipinski definition) is 4. The molecule has 0 radical (unpaired) electrons. The highest BCUT2D eigenvalue weighted by molar-refractivity contribution is 6.42. The third kappa shape index (κ3) is 7.20. The Labute approximate surface area is 146 Å². The summed E-state index contributed by atoms with van der Waals surface area (Å²) in [5, 5.41) is 6.58. The number of carbonyl (C=O) groups excluding carboxylic acids is 2. The first-order valence-corrected chi connectivity index (χ1v) is 8.01. The first-order chi connectivity index (χ1) is 10.6. The van der Waals surface area contributed by atoms with Crippen LogP contribution in [0.25, 0.3) is 0 Å². The van der Waals surface area contributed by atoms with E-state index >= 15 is 0 Å². The summed E-state index contributed by atoms with van der Waals surface area (Å²) in [7, 11) is 0. The summed E-state index contributed by atoms with van der Waals surface area (Å²) >= 11 is 11.8. The SMILES string of the molecule is CC(CNC(C=O)c1ccc(Cl)c(Cl)c1)NC(=O)OC(C)(C)C. The minimum Gasteiger partial charge on any atom is -0.444 e. The first kappa shape index (κ1) is 19.7. The lowest BCUT2D eigenvalue weighted by Crippen LogP contribution is -2.43. The lowest BCUT2D eigenvalue weighted by Gasteiger charge is -2.23. The van der Waals surface area contributed by atoms with Crippen LogP contribution in [-0.4, -0.2) is 30.6 Å². The number of alkyl carbamates (subject to hydrolysis) is 1. The molecule has 1 aromatic rings. The topological polar surface area (TPSA) is 67.4 Å². The van der Waals surface area contributed by atoms with Crippen LogP contribution in [0, 0.1) is 0 Å². The quantitative estimate of drug-likeness (QED) is 0.758. The predicted molar refractivity (Wildman–Crippen MR) is 92.1 cm³/mol. The maximum absolute atomic E-state index is 11.7. The molecule has 0 spiro atoms. The molecule has 0 bridgehead atoms. The van der Waals surface area contributed by atoms with Crippen molar-refractivity contribution in [1.29, 1.82) is 0 Å². The summed E-state index contributed by atoms with van der Waals surface area (Å²) in [4.78, 5) is 22.9. The lowest BCUT2D eigenvalue weighted by atomic mass is 10.1. The van der Waals surface area contributed by atoms with Gasteiger partial charge in [0.1, 0.15) is 11.9 Å². The Balaban J connectivity index is 2.55. The number of amides is 1. The Morgan fingerprint density at radius 2 is 1.96 bits per heavy atom. The van der Waals surface area contributed by atoms with Crippen LogP contribution in [0.15, 0.2) is 18.2 Å². The normalized spacial score (nSPS) is 14.0. The average Bonchev–Trinajstić information content (AvgIpc) is 2.41. The van der Waals surface area contributed by atoms with E-state index in [-0.39, 0.29) is 6.04 Å². The van der Waals surface area contributed by atoms with Gasteiger partial charge in [-0.3, -0.25) is 0 Å². The molecule has 2 N–H and O–H groups in total. The molecule has 0 saturated heterocycles. The van der Waals surface area contributed by atoms with E-state index in [0.717, 1.165) is 6.29 Å². The van der Waals surface area contributed by atoms with Crippen LogP contribution in [-0.2, 0) is 9.53 Å². The van der Waals surface area contributed by atoms with Crippen LogP contribution in [0.1, 0.15) is 39.3 Å². The first-order valence-electron chi connectivity index (χ1n) is 7.25. The van der Waals surface area contributed by atoms with Crippen molar-refractivity contribution in [2.75, 3.05) is 6.54 Å². The minimum absolute atomic E-state index is 0.213. The molecule has 2 unspecified atom stereocenters. The number of nitrogens with one attached hydrogen (secondary N) is 2. The van der Waals surface area contributed by atoms with Gasteiger partial charge in [0.15, 0.2) is 0 Å². The molecule has 1 rings (SSSR count). The fourth-order valence-electron chi connectivity index (χ4n) is 1.81. The molecule has 128 valence electrons. The fourth-order valence-corrected chi connectivity index (χ4v) is 2.12. The molecule has 0 saturated carbocycles. The van der Waals surface area contributed by atoms with E-state index in [0.29, 0.717) is 22.2 Å². The largest absolute Gasteiger partial charge is 0.444 e. The molecule has 5 nitrogen and oxygen atoms in total. The van der Waals surface area contributed by atoms with E-state index in [1.165, 1.54) is 0 Å². The Morgan fingerprint density at radius 3 is 2.48 bits per heavy atom. The van der Waals surface area contributed by atoms with Gasteiger partial charge < -0.3 is 20.2 Å². The van der Waals surface area contributed by atoms with Gasteiger partial charge >= 0.3 is 6.09 Å². The van der Waals surface area contributed by atoms with Crippen molar-refractivity contribution < 1.29 is 14.3 Å². The van der Waals surface area contributed by atoms with Crippen LogP contribution in [0.4, 0.5) is 4.79 Å². The minimum atomic E-state index is -0.553. The molecule has 23 heavy (non-hydrogen) atoms. The third-order valence-corrected chi connectivity index (χ3v) is 3.58. The van der Waals surface area contributed by atoms with E-state index in [1.807, 2.05) is 6.92 Å². The molecule has 1 amide bonds. The number of carbonyl (C=O) groups is 2. The zero-order valence-electron chi connectivity index (χ0n) is 13.7. The summed E-state index contributed by atoms with van der Waals surface area (Å²) in [6, 6.07) is 4.26. The Morgan fingerprint density at radius 1 is 1.30 bits per heavy atom. The third-order valence-electron chi connectivity index (χ3n) is 2.85. The monoisotopic (exact) mass is 360 g/mol. The van der Waals surface area contributed by atoms with Gasteiger partial charge in [0.05, 0.1) is 16.1 Å². The summed E-state index contributed by atoms with van der Waals surface area (Å²) in [5.74, 6) is 0. The van der Waals surface area contributed by atoms with Gasteiger partial charge in [0.25, 0.3) is 0 Å². The lowest BCUT2D eigenvalue weighted by molar-refractivity contribution is -0.109. The molecular weight excluding hydrogens is 339 g/mol. The average molecular weight is 361 g/mol. The highest BCUT2D eigenvalue weighted by Crippen LogP contribution is 2.25. The second-order valence-electron chi connectivity index (χ2n) is 6.24. The van der Waals surface area contributed by atoms with Crippen LogP contribution < -0.4 is 10.6 Å². The molecule has 2 atom stereocenters. The van der Waals surface area contributed by atoms with E-state index in [4.69, 9.17) is 27.9 Å². The van der Waals surface area contributed by atoms with Gasteiger partial charge in [-0.25, -0.2) is 4.79 Å². The van der Waals surface area contributed by atoms with Gasteiger partial charge in [-0.15, -0.1) is 0 Å². The second-order valence-corrected chi connectivity index (χ2v) is 7.06. The summed E-state index contributed by atoms with van der Waals surface area (Å²) in [6.07, 6.45) is 0.281. The van der Waals surface area contributed by atoms with Gasteiger partial charge in [0, 0.05) is 12.6 Å². The zero-order valence-corrected chi connectivity index (χ0v) is 15.2. The highest BCUT2D eigenvalue weighted by Gasteiger charge is 2.18. The smallest absolute Gasteiger partial charge is 0.407 e. The molecule has 0 aliphatic rings. The number of halogens is 2. The number of hydrogen-bond donors (Lipinski definition) is 2. The van der Waals surface area contributed by atoms with Crippen molar-refractivity contribution in [2.45, 2.75) is 45.4 Å². The van der Waals surface area contributed by atoms with Crippen LogP contribution in [0.3, 0.4) is 0 Å². The van der Waals surface area contributed by atoms with Crippen molar-refractivity contribution in [3.63, 3.8) is 0 Å². The Hall–Kier alpha value is -1.30. The molecule has 0 aromatic heterocycles. The van der Waals surface area contributed by atoms with Crippen LogP contribution in [0.2, 0.25) is 10.0 Å². The van der Waals surface area contributed by atoms with Gasteiger partial charge in [-0.2, -0.15) is 0 Å². The van der Waals surface area contributed by atoms with Crippen LogP contribution in [0.5, 0.6) is 0 Å². The van der Waals surface area contributed by atoms with E-state index in [1.54, 1.807) is 39.0 Å². The van der Waals surface area contributed by atoms with Crippen LogP contribution >= 0.6 is 23.2 Å². The molecule has 0 aliphatic heterocycles. The predicted octanol–water partition coefficient (Wildman–Crippen LogP) is 3.74. The van der Waals surface area contributed by atoms with E-state index in [9.17, 15) is 9.59 Å². The highest BCUT2D eigenvalue weighted by atomic mass is 35.5. The standard InChI is InChI=1S/C16H22Cl2N2O3/c1-10(20-15(22)23-16(2,3)4)8-19-14(9-21)11-5-6-12(17)13(18)7-11/h5-7,9-10,14,19H,8H2,1-4H3,(H,20,22). The van der Waals surface area contributed by atoms with Crippen molar-refractivity contribution in [1.82, 2.24) is 10.6 Å². The maximum Gasteiger partial charge on any atom is 0.407 e. The van der Waals surface area contributed by atoms with Gasteiger partial charge in [-0.1, -0.05) is 29.3 Å². The Kier molecular flexibility index (Phi) is 7.32. The van der Waals surface area contributed by atoms with Gasteiger partial charge in [-0.05, 0) is 45.4 Å². The molecule has 0 fully saturated rings. The molecule has 7 heteroatoms. The van der Waals surface area contributed by atoms with Crippen molar-refractivity contribution in [3.05, 3.63) is 33.8 Å². The van der Waals surface area contributed by atoms with Gasteiger partial charge in [0.2, 0.25) is 0 Å². The number of ether oxygens (including phenoxy) is 1. The maximum atomic E-state index is 11.7. The van der Waals surface area contributed by atoms with Crippen molar-refractivity contribution in [2.24, 2.45) is 0 Å².